The lowest BCUT2D eigenvalue weighted by molar-refractivity contribution is -0.139. The predicted octanol–water partition coefficient (Wildman–Crippen LogP) is 6.27. The molecule has 7 heteroatoms. The largest absolute Gasteiger partial charge is 0.352 e. The molecule has 4 nitrogen and oxygen atoms in total. The van der Waals surface area contributed by atoms with Crippen LogP contribution in [-0.4, -0.2) is 34.6 Å². The van der Waals surface area contributed by atoms with Crippen LogP contribution in [0.3, 0.4) is 0 Å². The minimum atomic E-state index is -0.708. The molecule has 3 aromatic carbocycles. The van der Waals surface area contributed by atoms with Gasteiger partial charge < -0.3 is 10.2 Å². The number of benzene rings is 3. The maximum absolute atomic E-state index is 13.6. The summed E-state index contributed by atoms with van der Waals surface area (Å²) in [6.45, 7) is 4.16. The van der Waals surface area contributed by atoms with Crippen LogP contribution < -0.4 is 5.32 Å². The SMILES string of the molecule is CC[C@@H](C)NC(=O)[C@@H](Cc1ccccc1)N(Cc1ccc(F)cc1)C(=O)CSCc1ccccc1Cl. The van der Waals surface area contributed by atoms with Gasteiger partial charge in [-0.15, -0.1) is 11.8 Å². The molecule has 0 heterocycles. The Hall–Kier alpha value is -2.83. The summed E-state index contributed by atoms with van der Waals surface area (Å²) >= 11 is 7.73. The molecule has 3 aromatic rings. The zero-order valence-corrected chi connectivity index (χ0v) is 22.2. The number of carbonyl (C=O) groups excluding carboxylic acids is 2. The Morgan fingerprint density at radius 1 is 0.972 bits per heavy atom. The highest BCUT2D eigenvalue weighted by Crippen LogP contribution is 2.22. The van der Waals surface area contributed by atoms with Crippen LogP contribution in [0, 0.1) is 5.82 Å². The lowest BCUT2D eigenvalue weighted by Gasteiger charge is -2.32. The van der Waals surface area contributed by atoms with Gasteiger partial charge in [0, 0.05) is 29.8 Å². The van der Waals surface area contributed by atoms with E-state index >= 15 is 0 Å². The highest BCUT2D eigenvalue weighted by atomic mass is 35.5. The molecule has 0 saturated carbocycles. The van der Waals surface area contributed by atoms with Crippen LogP contribution >= 0.6 is 23.4 Å². The summed E-state index contributed by atoms with van der Waals surface area (Å²) < 4.78 is 13.5. The summed E-state index contributed by atoms with van der Waals surface area (Å²) in [6, 6.07) is 22.5. The number of hydrogen-bond donors (Lipinski definition) is 1. The molecule has 0 bridgehead atoms. The molecule has 0 saturated heterocycles. The summed E-state index contributed by atoms with van der Waals surface area (Å²) in [5, 5.41) is 3.71. The van der Waals surface area contributed by atoms with E-state index in [1.54, 1.807) is 17.0 Å². The standard InChI is InChI=1S/C29H32ClFN2O2S/c1-3-21(2)32-29(35)27(17-22-9-5-4-6-10-22)33(18-23-13-15-25(31)16-14-23)28(34)20-36-19-24-11-7-8-12-26(24)30/h4-16,21,27H,3,17-20H2,1-2H3,(H,32,35)/t21-,27-/m1/s1. The Labute approximate surface area is 222 Å². The first kappa shape index (κ1) is 27.8. The number of rotatable bonds is 12. The van der Waals surface area contributed by atoms with Gasteiger partial charge >= 0.3 is 0 Å². The van der Waals surface area contributed by atoms with Gasteiger partial charge in [0.1, 0.15) is 11.9 Å². The van der Waals surface area contributed by atoms with Crippen molar-refractivity contribution in [1.29, 1.82) is 0 Å². The summed E-state index contributed by atoms with van der Waals surface area (Å²) in [6.07, 6.45) is 1.16. The average molecular weight is 527 g/mol. The normalized spacial score (nSPS) is 12.6. The van der Waals surface area contributed by atoms with Crippen molar-refractivity contribution in [3.05, 3.63) is 106 Å². The van der Waals surface area contributed by atoms with E-state index < -0.39 is 6.04 Å². The summed E-state index contributed by atoms with van der Waals surface area (Å²) in [7, 11) is 0. The molecule has 2 amide bonds. The van der Waals surface area contributed by atoms with E-state index in [9.17, 15) is 14.0 Å². The molecular weight excluding hydrogens is 495 g/mol. The van der Waals surface area contributed by atoms with Gasteiger partial charge in [0.2, 0.25) is 11.8 Å². The van der Waals surface area contributed by atoms with Crippen LogP contribution in [0.15, 0.2) is 78.9 Å². The van der Waals surface area contributed by atoms with Gasteiger partial charge in [-0.25, -0.2) is 4.39 Å². The van der Waals surface area contributed by atoms with E-state index in [0.29, 0.717) is 17.2 Å². The minimum absolute atomic E-state index is 0.0202. The predicted molar refractivity (Wildman–Crippen MR) is 146 cm³/mol. The second-order valence-corrected chi connectivity index (χ2v) is 10.1. The topological polar surface area (TPSA) is 49.4 Å². The molecule has 0 aromatic heterocycles. The van der Waals surface area contributed by atoms with Crippen LogP contribution in [0.4, 0.5) is 4.39 Å². The van der Waals surface area contributed by atoms with Gasteiger partial charge in [-0.1, -0.05) is 79.2 Å². The molecule has 1 N–H and O–H groups in total. The fourth-order valence-corrected chi connectivity index (χ4v) is 4.92. The number of carbonyl (C=O) groups is 2. The molecule has 190 valence electrons. The fraction of sp³-hybridized carbons (Fsp3) is 0.310. The third-order valence-electron chi connectivity index (χ3n) is 5.98. The van der Waals surface area contributed by atoms with Gasteiger partial charge in [-0.3, -0.25) is 9.59 Å². The molecule has 36 heavy (non-hydrogen) atoms. The number of thioether (sulfide) groups is 1. The maximum Gasteiger partial charge on any atom is 0.243 e. The highest BCUT2D eigenvalue weighted by molar-refractivity contribution is 7.99. The van der Waals surface area contributed by atoms with Gasteiger partial charge in [-0.2, -0.15) is 0 Å². The van der Waals surface area contributed by atoms with Crippen LogP contribution in [0.2, 0.25) is 5.02 Å². The first-order valence-electron chi connectivity index (χ1n) is 12.1. The van der Waals surface area contributed by atoms with E-state index in [1.807, 2.05) is 68.4 Å². The van der Waals surface area contributed by atoms with E-state index in [0.717, 1.165) is 23.1 Å². The lowest BCUT2D eigenvalue weighted by Crippen LogP contribution is -2.52. The zero-order valence-electron chi connectivity index (χ0n) is 20.6. The van der Waals surface area contributed by atoms with Crippen LogP contribution in [-0.2, 0) is 28.3 Å². The first-order valence-corrected chi connectivity index (χ1v) is 13.6. The smallest absolute Gasteiger partial charge is 0.243 e. The highest BCUT2D eigenvalue weighted by Gasteiger charge is 2.30. The molecule has 0 aliphatic rings. The van der Waals surface area contributed by atoms with Crippen LogP contribution in [0.25, 0.3) is 0 Å². The molecule has 0 fully saturated rings. The third-order valence-corrected chi connectivity index (χ3v) is 7.31. The van der Waals surface area contributed by atoms with Gasteiger partial charge in [0.15, 0.2) is 0 Å². The molecule has 2 atom stereocenters. The van der Waals surface area contributed by atoms with Crippen molar-refractivity contribution in [3.63, 3.8) is 0 Å². The molecule has 0 unspecified atom stereocenters. The molecule has 3 rings (SSSR count). The Morgan fingerprint density at radius 2 is 1.64 bits per heavy atom. The first-order chi connectivity index (χ1) is 17.4. The van der Waals surface area contributed by atoms with Crippen molar-refractivity contribution >= 4 is 35.2 Å². The second-order valence-electron chi connectivity index (χ2n) is 8.76. The number of nitrogens with one attached hydrogen (secondary N) is 1. The molecular formula is C29H32ClFN2O2S. The number of amides is 2. The number of nitrogens with zero attached hydrogens (tertiary/aromatic N) is 1. The number of halogens is 2. The third kappa shape index (κ3) is 8.38. The lowest BCUT2D eigenvalue weighted by atomic mass is 10.0. The van der Waals surface area contributed by atoms with Crippen molar-refractivity contribution in [1.82, 2.24) is 10.2 Å². The van der Waals surface area contributed by atoms with Crippen molar-refractivity contribution in [3.8, 4) is 0 Å². The van der Waals surface area contributed by atoms with Gasteiger partial charge in [-0.05, 0) is 48.2 Å². The molecule has 0 aliphatic carbocycles. The Bertz CT molecular complexity index is 1130. The Balaban J connectivity index is 1.85. The quantitative estimate of drug-likeness (QED) is 0.303. The van der Waals surface area contributed by atoms with E-state index in [4.69, 9.17) is 11.6 Å². The van der Waals surface area contributed by atoms with E-state index in [1.165, 1.54) is 23.9 Å². The summed E-state index contributed by atoms with van der Waals surface area (Å²) in [5.74, 6) is 0.0747. The fourth-order valence-electron chi connectivity index (χ4n) is 3.73. The molecule has 0 spiro atoms. The van der Waals surface area contributed by atoms with Crippen molar-refractivity contribution in [2.24, 2.45) is 0 Å². The molecule has 0 aliphatic heterocycles. The Kier molecular flexibility index (Phi) is 10.8. The maximum atomic E-state index is 13.6. The monoisotopic (exact) mass is 526 g/mol. The zero-order chi connectivity index (χ0) is 25.9. The van der Waals surface area contributed by atoms with Crippen LogP contribution in [0.5, 0.6) is 0 Å². The molecule has 0 radical (unpaired) electrons. The van der Waals surface area contributed by atoms with Crippen molar-refractivity contribution < 1.29 is 14.0 Å². The van der Waals surface area contributed by atoms with Crippen molar-refractivity contribution in [2.75, 3.05) is 5.75 Å². The Morgan fingerprint density at radius 3 is 2.31 bits per heavy atom. The van der Waals surface area contributed by atoms with Crippen LogP contribution in [0.1, 0.15) is 37.0 Å². The van der Waals surface area contributed by atoms with Gasteiger partial charge in [0.05, 0.1) is 5.75 Å². The second kappa shape index (κ2) is 14.0. The minimum Gasteiger partial charge on any atom is -0.352 e. The van der Waals surface area contributed by atoms with Crippen molar-refractivity contribution in [2.45, 2.75) is 51.1 Å². The number of hydrogen-bond acceptors (Lipinski definition) is 3. The van der Waals surface area contributed by atoms with E-state index in [-0.39, 0.29) is 36.0 Å². The summed E-state index contributed by atoms with van der Waals surface area (Å²) in [5.41, 5.74) is 2.68. The van der Waals surface area contributed by atoms with E-state index in [2.05, 4.69) is 5.32 Å². The average Bonchev–Trinajstić information content (AvgIpc) is 2.88. The van der Waals surface area contributed by atoms with Gasteiger partial charge in [0.25, 0.3) is 0 Å². The summed E-state index contributed by atoms with van der Waals surface area (Å²) in [4.78, 5) is 28.7.